The molecule has 1 fully saturated rings. The third-order valence-electron chi connectivity index (χ3n) is 2.12. The topological polar surface area (TPSA) is 29.5 Å². The number of rotatable bonds is 2. The summed E-state index contributed by atoms with van der Waals surface area (Å²) in [4.78, 5) is 0. The molecule has 0 spiro atoms. The van der Waals surface area contributed by atoms with Crippen molar-refractivity contribution in [3.63, 3.8) is 0 Å². The molecule has 0 aliphatic carbocycles. The van der Waals surface area contributed by atoms with Gasteiger partial charge in [0.15, 0.2) is 0 Å². The maximum Gasteiger partial charge on any atom is 0.0933 e. The Morgan fingerprint density at radius 1 is 1.78 bits per heavy atom. The molecule has 2 heteroatoms. The first-order valence-electron chi connectivity index (χ1n) is 3.51. The molecular formula is C7H14O2. The van der Waals surface area contributed by atoms with Gasteiger partial charge in [-0.1, -0.05) is 6.92 Å². The molecule has 0 aromatic rings. The van der Waals surface area contributed by atoms with Crippen LogP contribution >= 0.6 is 0 Å². The summed E-state index contributed by atoms with van der Waals surface area (Å²) in [6, 6.07) is 0. The predicted octanol–water partition coefficient (Wildman–Crippen LogP) is 0.936. The normalized spacial score (nSPS) is 37.7. The van der Waals surface area contributed by atoms with E-state index < -0.39 is 0 Å². The van der Waals surface area contributed by atoms with Crippen molar-refractivity contribution in [2.45, 2.75) is 38.4 Å². The lowest BCUT2D eigenvalue weighted by Gasteiger charge is -2.42. The molecule has 2 atom stereocenters. The van der Waals surface area contributed by atoms with E-state index in [9.17, 15) is 5.11 Å². The molecule has 0 aromatic carbocycles. The van der Waals surface area contributed by atoms with Gasteiger partial charge in [-0.25, -0.2) is 0 Å². The van der Waals surface area contributed by atoms with Gasteiger partial charge in [0.25, 0.3) is 0 Å². The van der Waals surface area contributed by atoms with Crippen LogP contribution in [0.5, 0.6) is 0 Å². The summed E-state index contributed by atoms with van der Waals surface area (Å²) in [7, 11) is 0. The molecule has 0 saturated carbocycles. The Bertz CT molecular complexity index is 97.1. The Kier molecular flexibility index (Phi) is 1.78. The van der Waals surface area contributed by atoms with Gasteiger partial charge >= 0.3 is 0 Å². The van der Waals surface area contributed by atoms with Gasteiger partial charge in [-0.2, -0.15) is 0 Å². The lowest BCUT2D eigenvalue weighted by atomic mass is 9.89. The SMILES string of the molecule is CCC(O)C1(C)CCO1. The van der Waals surface area contributed by atoms with Crippen LogP contribution in [0.1, 0.15) is 26.7 Å². The molecule has 1 heterocycles. The van der Waals surface area contributed by atoms with Crippen molar-refractivity contribution < 1.29 is 9.84 Å². The van der Waals surface area contributed by atoms with Crippen LogP contribution < -0.4 is 0 Å². The Morgan fingerprint density at radius 2 is 2.33 bits per heavy atom. The van der Waals surface area contributed by atoms with Crippen molar-refractivity contribution in [3.05, 3.63) is 0 Å². The third kappa shape index (κ3) is 1.10. The van der Waals surface area contributed by atoms with Gasteiger partial charge in [0.2, 0.25) is 0 Å². The molecule has 0 amide bonds. The fraction of sp³-hybridized carbons (Fsp3) is 1.00. The van der Waals surface area contributed by atoms with E-state index in [0.717, 1.165) is 19.4 Å². The first-order chi connectivity index (χ1) is 4.19. The van der Waals surface area contributed by atoms with Crippen molar-refractivity contribution in [1.29, 1.82) is 0 Å². The van der Waals surface area contributed by atoms with Crippen molar-refractivity contribution in [1.82, 2.24) is 0 Å². The molecule has 1 aliphatic rings. The highest BCUT2D eigenvalue weighted by molar-refractivity contribution is 4.88. The lowest BCUT2D eigenvalue weighted by molar-refractivity contribution is -0.193. The molecule has 2 nitrogen and oxygen atoms in total. The molecule has 2 unspecified atom stereocenters. The zero-order chi connectivity index (χ0) is 6.91. The van der Waals surface area contributed by atoms with Crippen LogP contribution in [0.25, 0.3) is 0 Å². The van der Waals surface area contributed by atoms with Crippen LogP contribution in [0.15, 0.2) is 0 Å². The minimum atomic E-state index is -0.272. The highest BCUT2D eigenvalue weighted by atomic mass is 16.5. The van der Waals surface area contributed by atoms with Gasteiger partial charge < -0.3 is 9.84 Å². The highest BCUT2D eigenvalue weighted by Crippen LogP contribution is 2.30. The van der Waals surface area contributed by atoms with E-state index in [0.29, 0.717) is 0 Å². The second-order valence-corrected chi connectivity index (χ2v) is 2.84. The van der Waals surface area contributed by atoms with Gasteiger partial charge in [0.05, 0.1) is 18.3 Å². The summed E-state index contributed by atoms with van der Waals surface area (Å²) in [5.41, 5.74) is -0.214. The summed E-state index contributed by atoms with van der Waals surface area (Å²) in [5.74, 6) is 0. The van der Waals surface area contributed by atoms with E-state index in [-0.39, 0.29) is 11.7 Å². The van der Waals surface area contributed by atoms with E-state index in [2.05, 4.69) is 0 Å². The monoisotopic (exact) mass is 130 g/mol. The van der Waals surface area contributed by atoms with Crippen LogP contribution in [0, 0.1) is 0 Å². The fourth-order valence-corrected chi connectivity index (χ4v) is 1.12. The number of aliphatic hydroxyl groups excluding tert-OH is 1. The maximum absolute atomic E-state index is 9.31. The maximum atomic E-state index is 9.31. The summed E-state index contributed by atoms with van der Waals surface area (Å²) in [5, 5.41) is 9.31. The summed E-state index contributed by atoms with van der Waals surface area (Å²) in [6.07, 6.45) is 1.52. The van der Waals surface area contributed by atoms with Crippen molar-refractivity contribution in [3.8, 4) is 0 Å². The number of ether oxygens (including phenoxy) is 1. The lowest BCUT2D eigenvalue weighted by Crippen LogP contribution is -2.50. The predicted molar refractivity (Wildman–Crippen MR) is 35.3 cm³/mol. The molecular weight excluding hydrogens is 116 g/mol. The van der Waals surface area contributed by atoms with E-state index in [1.54, 1.807) is 0 Å². The van der Waals surface area contributed by atoms with Gasteiger partial charge in [0.1, 0.15) is 0 Å². The van der Waals surface area contributed by atoms with Gasteiger partial charge in [-0.3, -0.25) is 0 Å². The Balaban J connectivity index is 2.38. The first kappa shape index (κ1) is 7.03. The summed E-state index contributed by atoms with van der Waals surface area (Å²) >= 11 is 0. The number of hydrogen-bond donors (Lipinski definition) is 1. The quantitative estimate of drug-likeness (QED) is 0.602. The van der Waals surface area contributed by atoms with Gasteiger partial charge in [0, 0.05) is 6.42 Å². The third-order valence-corrected chi connectivity index (χ3v) is 2.12. The fourth-order valence-electron chi connectivity index (χ4n) is 1.12. The molecule has 0 bridgehead atoms. The Hall–Kier alpha value is -0.0800. The highest BCUT2D eigenvalue weighted by Gasteiger charge is 2.39. The van der Waals surface area contributed by atoms with E-state index >= 15 is 0 Å². The van der Waals surface area contributed by atoms with Crippen LogP contribution in [-0.4, -0.2) is 23.4 Å². The minimum absolute atomic E-state index is 0.214. The largest absolute Gasteiger partial charge is 0.390 e. The summed E-state index contributed by atoms with van der Waals surface area (Å²) in [6.45, 7) is 4.75. The smallest absolute Gasteiger partial charge is 0.0933 e. The zero-order valence-corrected chi connectivity index (χ0v) is 6.05. The van der Waals surface area contributed by atoms with E-state index in [1.165, 1.54) is 0 Å². The van der Waals surface area contributed by atoms with Crippen LogP contribution in [0.2, 0.25) is 0 Å². The Labute approximate surface area is 55.8 Å². The molecule has 0 aromatic heterocycles. The van der Waals surface area contributed by atoms with Crippen LogP contribution in [0.3, 0.4) is 0 Å². The van der Waals surface area contributed by atoms with Gasteiger partial charge in [-0.15, -0.1) is 0 Å². The number of hydrogen-bond acceptors (Lipinski definition) is 2. The standard InChI is InChI=1S/C7H14O2/c1-3-6(8)7(2)4-5-9-7/h6,8H,3-5H2,1-2H3. The van der Waals surface area contributed by atoms with Crippen LogP contribution in [-0.2, 0) is 4.74 Å². The first-order valence-corrected chi connectivity index (χ1v) is 3.51. The molecule has 54 valence electrons. The molecule has 1 saturated heterocycles. The average molecular weight is 130 g/mol. The number of aliphatic hydroxyl groups is 1. The van der Waals surface area contributed by atoms with E-state index in [4.69, 9.17) is 4.74 Å². The van der Waals surface area contributed by atoms with Crippen molar-refractivity contribution in [2.75, 3.05) is 6.61 Å². The molecule has 9 heavy (non-hydrogen) atoms. The van der Waals surface area contributed by atoms with E-state index in [1.807, 2.05) is 13.8 Å². The molecule has 1 rings (SSSR count). The second-order valence-electron chi connectivity index (χ2n) is 2.84. The minimum Gasteiger partial charge on any atom is -0.390 e. The molecule has 1 aliphatic heterocycles. The zero-order valence-electron chi connectivity index (χ0n) is 6.05. The summed E-state index contributed by atoms with van der Waals surface area (Å²) < 4.78 is 5.22. The van der Waals surface area contributed by atoms with Crippen molar-refractivity contribution >= 4 is 0 Å². The molecule has 0 radical (unpaired) electrons. The Morgan fingerprint density at radius 3 is 2.44 bits per heavy atom. The van der Waals surface area contributed by atoms with Gasteiger partial charge in [-0.05, 0) is 13.3 Å². The second kappa shape index (κ2) is 2.27. The van der Waals surface area contributed by atoms with Crippen molar-refractivity contribution in [2.24, 2.45) is 0 Å². The van der Waals surface area contributed by atoms with Crippen LogP contribution in [0.4, 0.5) is 0 Å². The molecule has 1 N–H and O–H groups in total. The average Bonchev–Trinajstić information content (AvgIpc) is 1.81.